The van der Waals surface area contributed by atoms with E-state index in [0.29, 0.717) is 25.2 Å². The third-order valence-electron chi connectivity index (χ3n) is 5.33. The number of hydroxylamine groups is 1. The lowest BCUT2D eigenvalue weighted by atomic mass is 9.93. The van der Waals surface area contributed by atoms with Gasteiger partial charge >= 0.3 is 5.97 Å². The summed E-state index contributed by atoms with van der Waals surface area (Å²) in [6.45, 7) is 2.35. The molecule has 2 atom stereocenters. The predicted octanol–water partition coefficient (Wildman–Crippen LogP) is 3.49. The number of ether oxygens (including phenoxy) is 2. The molecule has 30 heavy (non-hydrogen) atoms. The van der Waals surface area contributed by atoms with Gasteiger partial charge in [-0.3, -0.25) is 14.8 Å². The fourth-order valence-electron chi connectivity index (χ4n) is 3.69. The van der Waals surface area contributed by atoms with Gasteiger partial charge in [0.05, 0.1) is 28.2 Å². The number of amides is 1. The lowest BCUT2D eigenvalue weighted by molar-refractivity contribution is -0.152. The molecule has 1 saturated carbocycles. The molecule has 7 nitrogen and oxygen atoms in total. The van der Waals surface area contributed by atoms with Gasteiger partial charge < -0.3 is 9.47 Å². The number of fused-ring (bicyclic) bond motifs is 1. The molecule has 2 aromatic carbocycles. The van der Waals surface area contributed by atoms with Crippen molar-refractivity contribution in [1.29, 1.82) is 0 Å². The van der Waals surface area contributed by atoms with Crippen molar-refractivity contribution in [2.24, 2.45) is 11.3 Å². The van der Waals surface area contributed by atoms with Crippen LogP contribution in [0.2, 0.25) is 0 Å². The molecule has 8 heteroatoms. The molecule has 1 aromatic heterocycles. The van der Waals surface area contributed by atoms with Crippen molar-refractivity contribution in [3.05, 3.63) is 59.1 Å². The Morgan fingerprint density at radius 2 is 2.00 bits per heavy atom. The largest absolute Gasteiger partial charge is 0.486 e. The Bertz CT molecular complexity index is 1030. The number of nitrogens with one attached hydrogen (secondary N) is 1. The number of para-hydroxylation sites is 1. The van der Waals surface area contributed by atoms with Gasteiger partial charge in [0.15, 0.2) is 0 Å². The van der Waals surface area contributed by atoms with Gasteiger partial charge in [0, 0.05) is 0 Å². The lowest BCUT2D eigenvalue weighted by Gasteiger charge is -2.16. The molecule has 1 fully saturated rings. The number of carbonyl (C=O) groups is 2. The van der Waals surface area contributed by atoms with Crippen LogP contribution in [0.1, 0.15) is 23.9 Å². The Morgan fingerprint density at radius 1 is 1.23 bits per heavy atom. The number of rotatable bonds is 8. The number of benzene rings is 2. The number of thiazole rings is 1. The summed E-state index contributed by atoms with van der Waals surface area (Å²) in [5.41, 5.74) is 2.58. The molecule has 1 amide bonds. The number of nitrogens with zero attached hydrogens (tertiary/aromatic N) is 1. The molecule has 0 aliphatic heterocycles. The average molecular weight is 426 g/mol. The SMILES string of the molecule is CCOC(=O)[C@@]1(Cc2ccc(OCc3nc4ccccc4s3)cc2)C[C@@H]1C(=O)NO. The van der Waals surface area contributed by atoms with Crippen LogP contribution in [0.5, 0.6) is 5.75 Å². The molecule has 156 valence electrons. The van der Waals surface area contributed by atoms with Gasteiger partial charge in [0.25, 0.3) is 0 Å². The summed E-state index contributed by atoms with van der Waals surface area (Å²) in [4.78, 5) is 28.8. The maximum Gasteiger partial charge on any atom is 0.313 e. The molecular weight excluding hydrogens is 404 g/mol. The highest BCUT2D eigenvalue weighted by Crippen LogP contribution is 2.55. The number of hydrogen-bond donors (Lipinski definition) is 2. The van der Waals surface area contributed by atoms with Gasteiger partial charge in [0.1, 0.15) is 17.4 Å². The van der Waals surface area contributed by atoms with E-state index in [1.807, 2.05) is 48.5 Å². The van der Waals surface area contributed by atoms with E-state index in [1.165, 1.54) is 0 Å². The zero-order valence-corrected chi connectivity index (χ0v) is 17.3. The number of hydrogen-bond acceptors (Lipinski definition) is 7. The van der Waals surface area contributed by atoms with E-state index in [9.17, 15) is 9.59 Å². The second-order valence-electron chi connectivity index (χ2n) is 7.29. The van der Waals surface area contributed by atoms with Gasteiger partial charge in [0.2, 0.25) is 5.91 Å². The zero-order chi connectivity index (χ0) is 21.1. The Kier molecular flexibility index (Phi) is 5.69. The minimum Gasteiger partial charge on any atom is -0.486 e. The molecule has 0 radical (unpaired) electrons. The van der Waals surface area contributed by atoms with E-state index in [4.69, 9.17) is 14.7 Å². The topological polar surface area (TPSA) is 97.8 Å². The third kappa shape index (κ3) is 4.01. The maximum atomic E-state index is 12.4. The first-order valence-electron chi connectivity index (χ1n) is 9.73. The fraction of sp³-hybridized carbons (Fsp3) is 0.318. The van der Waals surface area contributed by atoms with Crippen LogP contribution in [0.3, 0.4) is 0 Å². The molecule has 0 unspecified atom stereocenters. The van der Waals surface area contributed by atoms with Crippen LogP contribution in [-0.2, 0) is 27.4 Å². The summed E-state index contributed by atoms with van der Waals surface area (Å²) in [6.07, 6.45) is 0.718. The monoisotopic (exact) mass is 426 g/mol. The first kappa shape index (κ1) is 20.3. The van der Waals surface area contributed by atoms with Crippen LogP contribution in [0.15, 0.2) is 48.5 Å². The van der Waals surface area contributed by atoms with Gasteiger partial charge in [-0.15, -0.1) is 11.3 Å². The average Bonchev–Trinajstić information content (AvgIpc) is 3.34. The van der Waals surface area contributed by atoms with Crippen molar-refractivity contribution >= 4 is 33.4 Å². The van der Waals surface area contributed by atoms with Crippen molar-refractivity contribution in [3.8, 4) is 5.75 Å². The van der Waals surface area contributed by atoms with E-state index in [2.05, 4.69) is 4.98 Å². The van der Waals surface area contributed by atoms with Crippen LogP contribution < -0.4 is 10.2 Å². The van der Waals surface area contributed by atoms with E-state index in [1.54, 1.807) is 23.7 Å². The van der Waals surface area contributed by atoms with E-state index in [-0.39, 0.29) is 6.61 Å². The first-order chi connectivity index (χ1) is 14.6. The third-order valence-corrected chi connectivity index (χ3v) is 6.34. The van der Waals surface area contributed by atoms with Crippen molar-refractivity contribution < 1.29 is 24.3 Å². The van der Waals surface area contributed by atoms with Crippen molar-refractivity contribution in [2.45, 2.75) is 26.4 Å². The summed E-state index contributed by atoms with van der Waals surface area (Å²) in [6, 6.07) is 15.4. The number of carbonyl (C=O) groups excluding carboxylic acids is 2. The van der Waals surface area contributed by atoms with Crippen LogP contribution in [0.25, 0.3) is 10.2 Å². The second-order valence-corrected chi connectivity index (χ2v) is 8.41. The second kappa shape index (κ2) is 8.41. The molecular formula is C22H22N2O5S. The summed E-state index contributed by atoms with van der Waals surface area (Å²) < 4.78 is 12.1. The van der Waals surface area contributed by atoms with Crippen LogP contribution in [0.4, 0.5) is 0 Å². The summed E-state index contributed by atoms with van der Waals surface area (Å²) >= 11 is 1.60. The molecule has 0 spiro atoms. The van der Waals surface area contributed by atoms with Crippen molar-refractivity contribution in [1.82, 2.24) is 10.5 Å². The number of aromatic nitrogens is 1. The molecule has 1 aliphatic rings. The molecule has 0 saturated heterocycles. The van der Waals surface area contributed by atoms with E-state index >= 15 is 0 Å². The minimum atomic E-state index is -0.924. The van der Waals surface area contributed by atoms with Crippen molar-refractivity contribution in [2.75, 3.05) is 6.61 Å². The Balaban J connectivity index is 1.41. The quantitative estimate of drug-likeness (QED) is 0.325. The zero-order valence-electron chi connectivity index (χ0n) is 16.5. The summed E-state index contributed by atoms with van der Waals surface area (Å²) in [5, 5.41) is 9.82. The molecule has 1 aliphatic carbocycles. The highest BCUT2D eigenvalue weighted by molar-refractivity contribution is 7.18. The minimum absolute atomic E-state index is 0.243. The predicted molar refractivity (Wildman–Crippen MR) is 111 cm³/mol. The Hall–Kier alpha value is -2.97. The van der Waals surface area contributed by atoms with Crippen LogP contribution >= 0.6 is 11.3 Å². The normalized spacial score (nSPS) is 20.0. The van der Waals surface area contributed by atoms with Gasteiger partial charge in [-0.2, -0.15) is 0 Å². The maximum absolute atomic E-state index is 12.4. The summed E-state index contributed by atoms with van der Waals surface area (Å²) in [5.74, 6) is -0.853. The van der Waals surface area contributed by atoms with E-state index < -0.39 is 23.2 Å². The molecule has 1 heterocycles. The first-order valence-corrected chi connectivity index (χ1v) is 10.5. The molecule has 3 aromatic rings. The van der Waals surface area contributed by atoms with Crippen LogP contribution in [-0.4, -0.2) is 28.7 Å². The summed E-state index contributed by atoms with van der Waals surface area (Å²) in [7, 11) is 0. The van der Waals surface area contributed by atoms with Crippen LogP contribution in [0, 0.1) is 11.3 Å². The Labute approximate surface area is 177 Å². The Morgan fingerprint density at radius 3 is 2.70 bits per heavy atom. The molecule has 2 N–H and O–H groups in total. The standard InChI is InChI=1S/C22H22N2O5S/c1-2-28-21(26)22(12-16(22)20(25)24-27)11-14-7-9-15(10-8-14)29-13-19-23-17-5-3-4-6-18(17)30-19/h3-10,16,27H,2,11-13H2,1H3,(H,24,25)/t16-,22+/m1/s1. The van der Waals surface area contributed by atoms with Gasteiger partial charge in [-0.25, -0.2) is 10.5 Å². The smallest absolute Gasteiger partial charge is 0.313 e. The molecule has 4 rings (SSSR count). The van der Waals surface area contributed by atoms with E-state index in [0.717, 1.165) is 20.8 Å². The lowest BCUT2D eigenvalue weighted by Crippen LogP contribution is -2.30. The number of esters is 1. The van der Waals surface area contributed by atoms with Crippen molar-refractivity contribution in [3.63, 3.8) is 0 Å². The van der Waals surface area contributed by atoms with Gasteiger partial charge in [-0.1, -0.05) is 24.3 Å². The fourth-order valence-corrected chi connectivity index (χ4v) is 4.57. The highest BCUT2D eigenvalue weighted by atomic mass is 32.1. The van der Waals surface area contributed by atoms with Gasteiger partial charge in [-0.05, 0) is 49.6 Å². The molecule has 0 bridgehead atoms. The highest BCUT2D eigenvalue weighted by Gasteiger charge is 2.64.